The summed E-state index contributed by atoms with van der Waals surface area (Å²) in [4.78, 5) is 17.1. The number of anilines is 1. The van der Waals surface area contributed by atoms with Gasteiger partial charge in [0.1, 0.15) is 0 Å². The fourth-order valence-electron chi connectivity index (χ4n) is 3.52. The second-order valence-electron chi connectivity index (χ2n) is 7.13. The molecule has 0 radical (unpaired) electrons. The Kier molecular flexibility index (Phi) is 6.20. The van der Waals surface area contributed by atoms with Crippen molar-refractivity contribution < 1.29 is 13.3 Å². The molecule has 1 fully saturated rings. The number of halogens is 2. The van der Waals surface area contributed by atoms with Crippen molar-refractivity contribution in [1.82, 2.24) is 4.98 Å². The number of non-ortho nitro benzene ring substituents is 1. The number of nitro groups is 1. The Morgan fingerprint density at radius 2 is 1.84 bits per heavy atom. The minimum absolute atomic E-state index is 0.00342. The molecule has 2 aromatic carbocycles. The molecule has 1 saturated heterocycles. The lowest BCUT2D eigenvalue weighted by molar-refractivity contribution is -0.385. The third-order valence-electron chi connectivity index (χ3n) is 5.22. The van der Waals surface area contributed by atoms with Crippen LogP contribution >= 0.6 is 34.5 Å². The molecule has 11 heteroatoms. The molecule has 0 spiro atoms. The van der Waals surface area contributed by atoms with Gasteiger partial charge in [-0.1, -0.05) is 35.3 Å². The van der Waals surface area contributed by atoms with Crippen molar-refractivity contribution in [2.45, 2.75) is 23.0 Å². The number of benzene rings is 2. The third-order valence-corrected chi connectivity index (χ3v) is 9.12. The summed E-state index contributed by atoms with van der Waals surface area (Å²) in [5.74, 6) is 0. The molecule has 0 unspecified atom stereocenters. The highest BCUT2D eigenvalue weighted by Crippen LogP contribution is 2.34. The minimum Gasteiger partial charge on any atom is -0.348 e. The quantitative estimate of drug-likeness (QED) is 0.342. The molecule has 1 aliphatic heterocycles. The van der Waals surface area contributed by atoms with E-state index < -0.39 is 20.0 Å². The molecule has 2 heterocycles. The van der Waals surface area contributed by atoms with Crippen molar-refractivity contribution in [3.05, 3.63) is 68.0 Å². The average Bonchev–Trinajstić information content (AvgIpc) is 3.26. The fraction of sp³-hybridized carbons (Fsp3) is 0.250. The molecule has 0 N–H and O–H groups in total. The Labute approximate surface area is 193 Å². The molecule has 3 aromatic rings. The van der Waals surface area contributed by atoms with Gasteiger partial charge < -0.3 is 4.90 Å². The van der Waals surface area contributed by atoms with Gasteiger partial charge in [0, 0.05) is 36.2 Å². The monoisotopic (exact) mass is 497 g/mol. The van der Waals surface area contributed by atoms with Gasteiger partial charge in [0.15, 0.2) is 15.0 Å². The van der Waals surface area contributed by atoms with Crippen LogP contribution in [0.3, 0.4) is 0 Å². The van der Waals surface area contributed by atoms with Gasteiger partial charge in [0.25, 0.3) is 5.69 Å². The van der Waals surface area contributed by atoms with E-state index in [-0.39, 0.29) is 10.6 Å². The van der Waals surface area contributed by atoms with E-state index in [1.54, 1.807) is 12.1 Å². The van der Waals surface area contributed by atoms with Gasteiger partial charge in [0.2, 0.25) is 0 Å². The van der Waals surface area contributed by atoms with Gasteiger partial charge in [-0.05, 0) is 31.0 Å². The largest absolute Gasteiger partial charge is 0.348 e. The lowest BCUT2D eigenvalue weighted by Gasteiger charge is -2.31. The Hall–Kier alpha value is -2.20. The maximum atomic E-state index is 13.0. The molecule has 162 valence electrons. The van der Waals surface area contributed by atoms with Crippen LogP contribution in [-0.2, 0) is 9.84 Å². The average molecular weight is 498 g/mol. The van der Waals surface area contributed by atoms with E-state index in [0.717, 1.165) is 22.5 Å². The number of rotatable bonds is 5. The molecular weight excluding hydrogens is 481 g/mol. The molecule has 0 atom stereocenters. The first-order chi connectivity index (χ1) is 14.8. The molecule has 0 amide bonds. The highest BCUT2D eigenvalue weighted by Gasteiger charge is 2.33. The van der Waals surface area contributed by atoms with Crippen molar-refractivity contribution in [3.63, 3.8) is 0 Å². The molecule has 7 nitrogen and oxygen atoms in total. The first kappa shape index (κ1) is 22.0. The van der Waals surface area contributed by atoms with Crippen molar-refractivity contribution in [2.24, 2.45) is 0 Å². The summed E-state index contributed by atoms with van der Waals surface area (Å²) < 4.78 is 26.0. The normalized spacial score (nSPS) is 15.2. The van der Waals surface area contributed by atoms with Gasteiger partial charge in [-0.3, -0.25) is 10.1 Å². The molecule has 0 aliphatic carbocycles. The zero-order chi connectivity index (χ0) is 22.2. The van der Waals surface area contributed by atoms with Crippen molar-refractivity contribution >= 4 is 55.2 Å². The van der Waals surface area contributed by atoms with E-state index in [9.17, 15) is 18.5 Å². The SMILES string of the molecule is O=[N+]([O-])c1cccc(S(=O)(=O)C2CCN(c3nc(-c4ccc(Cl)c(Cl)c4)cs3)CC2)c1. The number of nitrogens with zero attached hydrogens (tertiary/aromatic N) is 3. The van der Waals surface area contributed by atoms with Crippen LogP contribution < -0.4 is 4.90 Å². The predicted octanol–water partition coefficient (Wildman–Crippen LogP) is 5.47. The van der Waals surface area contributed by atoms with Gasteiger partial charge in [-0.25, -0.2) is 13.4 Å². The fourth-order valence-corrected chi connectivity index (χ4v) is 6.48. The lowest BCUT2D eigenvalue weighted by atomic mass is 10.1. The van der Waals surface area contributed by atoms with Crippen LogP contribution in [0, 0.1) is 10.1 Å². The van der Waals surface area contributed by atoms with Crippen LogP contribution in [0.5, 0.6) is 0 Å². The minimum atomic E-state index is -3.65. The van der Waals surface area contributed by atoms with Crippen LogP contribution in [0.15, 0.2) is 52.7 Å². The number of aromatic nitrogens is 1. The maximum Gasteiger partial charge on any atom is 0.270 e. The van der Waals surface area contributed by atoms with Crippen molar-refractivity contribution in [2.75, 3.05) is 18.0 Å². The second-order valence-corrected chi connectivity index (χ2v) is 11.0. The van der Waals surface area contributed by atoms with Crippen LogP contribution in [0.25, 0.3) is 11.3 Å². The molecule has 1 aromatic heterocycles. The third kappa shape index (κ3) is 4.55. The smallest absolute Gasteiger partial charge is 0.270 e. The molecular formula is C20H17Cl2N3O4S2. The van der Waals surface area contributed by atoms with E-state index in [4.69, 9.17) is 23.2 Å². The van der Waals surface area contributed by atoms with Gasteiger partial charge in [0.05, 0.1) is 30.8 Å². The number of hydrogen-bond acceptors (Lipinski definition) is 7. The molecule has 0 saturated carbocycles. The summed E-state index contributed by atoms with van der Waals surface area (Å²) in [5, 5.41) is 14.1. The van der Waals surface area contributed by atoms with E-state index in [2.05, 4.69) is 9.88 Å². The van der Waals surface area contributed by atoms with E-state index in [1.807, 2.05) is 11.4 Å². The van der Waals surface area contributed by atoms with E-state index >= 15 is 0 Å². The second kappa shape index (κ2) is 8.74. The zero-order valence-electron chi connectivity index (χ0n) is 16.1. The lowest BCUT2D eigenvalue weighted by Crippen LogP contribution is -2.39. The van der Waals surface area contributed by atoms with Gasteiger partial charge >= 0.3 is 0 Å². The maximum absolute atomic E-state index is 13.0. The van der Waals surface area contributed by atoms with Crippen molar-refractivity contribution in [1.29, 1.82) is 0 Å². The molecule has 1 aliphatic rings. The Morgan fingerprint density at radius 1 is 1.10 bits per heavy atom. The van der Waals surface area contributed by atoms with Gasteiger partial charge in [-0.2, -0.15) is 0 Å². The van der Waals surface area contributed by atoms with Gasteiger partial charge in [-0.15, -0.1) is 11.3 Å². The first-order valence-corrected chi connectivity index (χ1v) is 12.6. The highest BCUT2D eigenvalue weighted by molar-refractivity contribution is 7.92. The van der Waals surface area contributed by atoms with Crippen LogP contribution in [0.1, 0.15) is 12.8 Å². The highest BCUT2D eigenvalue weighted by atomic mass is 35.5. The summed E-state index contributed by atoms with van der Waals surface area (Å²) in [6.07, 6.45) is 0.847. The van der Waals surface area contributed by atoms with E-state index in [0.29, 0.717) is 36.0 Å². The molecule has 0 bridgehead atoms. The first-order valence-electron chi connectivity index (χ1n) is 9.40. The number of nitro benzene ring substituents is 1. The van der Waals surface area contributed by atoms with Crippen LogP contribution in [0.4, 0.5) is 10.8 Å². The van der Waals surface area contributed by atoms with E-state index in [1.165, 1.54) is 29.5 Å². The Morgan fingerprint density at radius 3 is 2.52 bits per heavy atom. The number of hydrogen-bond donors (Lipinski definition) is 0. The predicted molar refractivity (Wildman–Crippen MR) is 123 cm³/mol. The van der Waals surface area contributed by atoms with Crippen molar-refractivity contribution in [3.8, 4) is 11.3 Å². The summed E-state index contributed by atoms with van der Waals surface area (Å²) in [7, 11) is -3.65. The van der Waals surface area contributed by atoms with Crippen LogP contribution in [0.2, 0.25) is 10.0 Å². The molecule has 4 rings (SSSR count). The zero-order valence-corrected chi connectivity index (χ0v) is 19.2. The van der Waals surface area contributed by atoms with Crippen LogP contribution in [-0.4, -0.2) is 36.7 Å². The number of thiazole rings is 1. The Balaban J connectivity index is 1.46. The topological polar surface area (TPSA) is 93.4 Å². The molecule has 31 heavy (non-hydrogen) atoms. The summed E-state index contributed by atoms with van der Waals surface area (Å²) >= 11 is 13.6. The standard InChI is InChI=1S/C20H17Cl2N3O4S2/c21-17-5-4-13(10-18(17)22)19-12-30-20(23-19)24-8-6-15(7-9-24)31(28,29)16-3-1-2-14(11-16)25(26)27/h1-5,10-12,15H,6-9H2. The number of sulfone groups is 1. The Bertz CT molecular complexity index is 1240. The summed E-state index contributed by atoms with van der Waals surface area (Å²) in [6, 6.07) is 10.6. The summed E-state index contributed by atoms with van der Waals surface area (Å²) in [6.45, 7) is 1.07. The summed E-state index contributed by atoms with van der Waals surface area (Å²) in [5.41, 5.74) is 1.42. The number of piperidine rings is 1.